The molecule has 8 heteroatoms. The number of nitrogens with one attached hydrogen (secondary N) is 1. The first kappa shape index (κ1) is 19.9. The van der Waals surface area contributed by atoms with E-state index >= 15 is 0 Å². The van der Waals surface area contributed by atoms with Crippen LogP contribution in [0.3, 0.4) is 0 Å². The van der Waals surface area contributed by atoms with Gasteiger partial charge < -0.3 is 9.88 Å². The molecule has 4 aromatic rings. The molecule has 0 radical (unpaired) electrons. The molecular weight excluding hydrogens is 424 g/mol. The standard InChI is InChI=1S/C21H19ClN4OS2/c1-2-26-20(17-12-28-18-6-4-3-5-16(17)18)24-25-21(26)29-13-19(27)23-11-14-7-9-15(22)10-8-14/h3-10,12H,2,11,13H2,1H3,(H,23,27). The van der Waals surface area contributed by atoms with Crippen molar-refractivity contribution < 1.29 is 4.79 Å². The van der Waals surface area contributed by atoms with Crippen molar-refractivity contribution in [2.45, 2.75) is 25.2 Å². The van der Waals surface area contributed by atoms with E-state index in [-0.39, 0.29) is 11.7 Å². The minimum atomic E-state index is -0.0434. The number of amides is 1. The Morgan fingerprint density at radius 1 is 1.17 bits per heavy atom. The molecule has 0 spiro atoms. The third-order valence-electron chi connectivity index (χ3n) is 4.49. The highest BCUT2D eigenvalue weighted by Crippen LogP contribution is 2.34. The average molecular weight is 443 g/mol. The van der Waals surface area contributed by atoms with Gasteiger partial charge in [0.15, 0.2) is 11.0 Å². The number of fused-ring (bicyclic) bond motifs is 1. The number of thioether (sulfide) groups is 1. The second-order valence-corrected chi connectivity index (χ2v) is 8.68. The van der Waals surface area contributed by atoms with Gasteiger partial charge in [-0.15, -0.1) is 21.5 Å². The molecule has 0 aliphatic carbocycles. The van der Waals surface area contributed by atoms with Crippen LogP contribution in [-0.2, 0) is 17.9 Å². The Morgan fingerprint density at radius 2 is 1.97 bits per heavy atom. The van der Waals surface area contributed by atoms with Crippen molar-refractivity contribution in [2.75, 3.05) is 5.75 Å². The predicted molar refractivity (Wildman–Crippen MR) is 121 cm³/mol. The predicted octanol–water partition coefficient (Wildman–Crippen LogP) is 5.24. The molecule has 1 N–H and O–H groups in total. The maximum Gasteiger partial charge on any atom is 0.230 e. The molecule has 2 aromatic carbocycles. The maximum atomic E-state index is 12.3. The molecule has 0 bridgehead atoms. The Labute approximate surface area is 182 Å². The van der Waals surface area contributed by atoms with Crippen LogP contribution >= 0.6 is 34.7 Å². The highest BCUT2D eigenvalue weighted by atomic mass is 35.5. The van der Waals surface area contributed by atoms with Gasteiger partial charge in [0.25, 0.3) is 0 Å². The van der Waals surface area contributed by atoms with Gasteiger partial charge in [-0.25, -0.2) is 0 Å². The van der Waals surface area contributed by atoms with Gasteiger partial charge in [-0.05, 0) is 30.7 Å². The summed E-state index contributed by atoms with van der Waals surface area (Å²) >= 11 is 8.99. The fourth-order valence-electron chi connectivity index (χ4n) is 3.01. The molecule has 5 nitrogen and oxygen atoms in total. The Bertz CT molecular complexity index is 1140. The zero-order valence-corrected chi connectivity index (χ0v) is 18.2. The van der Waals surface area contributed by atoms with Crippen LogP contribution in [0, 0.1) is 0 Å². The highest BCUT2D eigenvalue weighted by Gasteiger charge is 2.17. The summed E-state index contributed by atoms with van der Waals surface area (Å²) in [6, 6.07) is 15.7. The van der Waals surface area contributed by atoms with Crippen LogP contribution in [0.25, 0.3) is 21.5 Å². The number of halogens is 1. The fraction of sp³-hybridized carbons (Fsp3) is 0.190. The van der Waals surface area contributed by atoms with E-state index in [1.54, 1.807) is 11.3 Å². The first-order valence-corrected chi connectivity index (χ1v) is 11.4. The summed E-state index contributed by atoms with van der Waals surface area (Å²) < 4.78 is 3.29. The largest absolute Gasteiger partial charge is 0.351 e. The van der Waals surface area contributed by atoms with Crippen LogP contribution in [0.2, 0.25) is 5.02 Å². The van der Waals surface area contributed by atoms with Crippen LogP contribution < -0.4 is 5.32 Å². The quantitative estimate of drug-likeness (QED) is 0.397. The van der Waals surface area contributed by atoms with Gasteiger partial charge in [0.1, 0.15) is 0 Å². The second-order valence-electron chi connectivity index (χ2n) is 6.39. The number of aromatic nitrogens is 3. The molecule has 2 aromatic heterocycles. The third-order valence-corrected chi connectivity index (χ3v) is 6.67. The zero-order chi connectivity index (χ0) is 20.2. The Balaban J connectivity index is 1.43. The van der Waals surface area contributed by atoms with Crippen molar-refractivity contribution in [3.05, 3.63) is 64.5 Å². The number of carbonyl (C=O) groups is 1. The minimum absolute atomic E-state index is 0.0434. The highest BCUT2D eigenvalue weighted by molar-refractivity contribution is 7.99. The lowest BCUT2D eigenvalue weighted by atomic mass is 10.1. The number of rotatable bonds is 7. The lowest BCUT2D eigenvalue weighted by Crippen LogP contribution is -2.24. The molecule has 0 atom stereocenters. The smallest absolute Gasteiger partial charge is 0.230 e. The monoisotopic (exact) mass is 442 g/mol. The van der Waals surface area contributed by atoms with Crippen molar-refractivity contribution in [1.82, 2.24) is 20.1 Å². The molecule has 0 aliphatic rings. The Morgan fingerprint density at radius 3 is 2.76 bits per heavy atom. The van der Waals surface area contributed by atoms with Crippen molar-refractivity contribution in [3.63, 3.8) is 0 Å². The summed E-state index contributed by atoms with van der Waals surface area (Å²) in [5, 5.41) is 16.4. The summed E-state index contributed by atoms with van der Waals surface area (Å²) in [5.74, 6) is 1.09. The molecule has 0 fully saturated rings. The van der Waals surface area contributed by atoms with Crippen molar-refractivity contribution in [3.8, 4) is 11.4 Å². The molecule has 0 saturated carbocycles. The molecule has 0 aliphatic heterocycles. The van der Waals surface area contributed by atoms with E-state index in [2.05, 4.69) is 44.5 Å². The van der Waals surface area contributed by atoms with Gasteiger partial charge in [0.05, 0.1) is 5.75 Å². The van der Waals surface area contributed by atoms with Gasteiger partial charge in [0.2, 0.25) is 5.91 Å². The van der Waals surface area contributed by atoms with E-state index in [1.807, 2.05) is 36.4 Å². The lowest BCUT2D eigenvalue weighted by Gasteiger charge is -2.08. The number of hydrogen-bond donors (Lipinski definition) is 1. The second kappa shape index (κ2) is 8.98. The van der Waals surface area contributed by atoms with Gasteiger partial charge in [0, 0.05) is 39.1 Å². The van der Waals surface area contributed by atoms with Crippen LogP contribution in [0.1, 0.15) is 12.5 Å². The van der Waals surface area contributed by atoms with Crippen molar-refractivity contribution >= 4 is 50.7 Å². The number of hydrogen-bond acceptors (Lipinski definition) is 5. The van der Waals surface area contributed by atoms with Crippen molar-refractivity contribution in [1.29, 1.82) is 0 Å². The summed E-state index contributed by atoms with van der Waals surface area (Å²) in [4.78, 5) is 12.3. The summed E-state index contributed by atoms with van der Waals surface area (Å²) in [6.07, 6.45) is 0. The molecule has 0 saturated heterocycles. The van der Waals surface area contributed by atoms with E-state index in [9.17, 15) is 4.79 Å². The van der Waals surface area contributed by atoms with E-state index in [1.165, 1.54) is 21.8 Å². The van der Waals surface area contributed by atoms with E-state index in [4.69, 9.17) is 11.6 Å². The van der Waals surface area contributed by atoms with Gasteiger partial charge in [-0.1, -0.05) is 53.7 Å². The lowest BCUT2D eigenvalue weighted by molar-refractivity contribution is -0.118. The number of nitrogens with zero attached hydrogens (tertiary/aromatic N) is 3. The summed E-state index contributed by atoms with van der Waals surface area (Å²) in [6.45, 7) is 3.27. The minimum Gasteiger partial charge on any atom is -0.351 e. The number of benzene rings is 2. The third kappa shape index (κ3) is 4.47. The van der Waals surface area contributed by atoms with Crippen LogP contribution in [0.5, 0.6) is 0 Å². The molecule has 0 unspecified atom stereocenters. The van der Waals surface area contributed by atoms with E-state index < -0.39 is 0 Å². The molecule has 29 heavy (non-hydrogen) atoms. The van der Waals surface area contributed by atoms with Gasteiger partial charge in [-0.3, -0.25) is 4.79 Å². The van der Waals surface area contributed by atoms with Crippen LogP contribution in [0.4, 0.5) is 0 Å². The topological polar surface area (TPSA) is 59.8 Å². The summed E-state index contributed by atoms with van der Waals surface area (Å²) in [5.41, 5.74) is 2.09. The van der Waals surface area contributed by atoms with E-state index in [0.717, 1.165) is 28.7 Å². The Hall–Kier alpha value is -2.35. The average Bonchev–Trinajstić information content (AvgIpc) is 3.35. The summed E-state index contributed by atoms with van der Waals surface area (Å²) in [7, 11) is 0. The van der Waals surface area contributed by atoms with Crippen LogP contribution in [0.15, 0.2) is 59.1 Å². The molecule has 4 rings (SSSR count). The molecule has 148 valence electrons. The van der Waals surface area contributed by atoms with Crippen LogP contribution in [-0.4, -0.2) is 26.4 Å². The SMILES string of the molecule is CCn1c(SCC(=O)NCc2ccc(Cl)cc2)nnc1-c1csc2ccccc12. The molecule has 2 heterocycles. The van der Waals surface area contributed by atoms with Gasteiger partial charge >= 0.3 is 0 Å². The normalized spacial score (nSPS) is 11.1. The van der Waals surface area contributed by atoms with Crippen molar-refractivity contribution in [2.24, 2.45) is 0 Å². The zero-order valence-electron chi connectivity index (χ0n) is 15.8. The van der Waals surface area contributed by atoms with Gasteiger partial charge in [-0.2, -0.15) is 0 Å². The van der Waals surface area contributed by atoms with E-state index in [0.29, 0.717) is 11.6 Å². The first-order valence-electron chi connectivity index (χ1n) is 9.19. The molecule has 1 amide bonds. The first-order chi connectivity index (χ1) is 14.2. The fourth-order valence-corrected chi connectivity index (χ4v) is 4.91. The maximum absolute atomic E-state index is 12.3. The number of thiophene rings is 1. The Kier molecular flexibility index (Phi) is 6.18. The number of carbonyl (C=O) groups excluding carboxylic acids is 1. The molecular formula is C21H19ClN4OS2.